The molecular formula is C9H16O3S. The van der Waals surface area contributed by atoms with Gasteiger partial charge in [0.25, 0.3) is 0 Å². The number of aliphatic hydroxyl groups excluding tert-OH is 1. The summed E-state index contributed by atoms with van der Waals surface area (Å²) < 4.78 is 4.75. The molecule has 0 fully saturated rings. The van der Waals surface area contributed by atoms with E-state index in [1.54, 1.807) is 6.92 Å². The quantitative estimate of drug-likeness (QED) is 0.666. The van der Waals surface area contributed by atoms with E-state index in [2.05, 4.69) is 0 Å². The first-order chi connectivity index (χ1) is 6.06. The summed E-state index contributed by atoms with van der Waals surface area (Å²) in [6, 6.07) is 0. The number of thiocarbonyl (C=S) groups is 1. The number of hydrogen-bond donors (Lipinski definition) is 1. The van der Waals surface area contributed by atoms with E-state index in [1.807, 2.05) is 0 Å². The van der Waals surface area contributed by atoms with Crippen LogP contribution in [-0.2, 0) is 9.53 Å². The number of rotatable bonds is 6. The fourth-order valence-electron chi connectivity index (χ4n) is 0.964. The summed E-state index contributed by atoms with van der Waals surface area (Å²) in [5.41, 5.74) is 0. The highest BCUT2D eigenvalue weighted by Crippen LogP contribution is 2.06. The molecule has 0 aromatic carbocycles. The summed E-state index contributed by atoms with van der Waals surface area (Å²) >= 11 is 4.78. The standard InChI is InChI=1S/C9H16O3S/c1-7(10)4-3-5-8(11)6-9(13)12-2/h8,11H,3-6H2,1-2H3. The number of ether oxygens (including phenoxy) is 1. The van der Waals surface area contributed by atoms with Crippen LogP contribution in [-0.4, -0.2) is 29.2 Å². The van der Waals surface area contributed by atoms with Gasteiger partial charge in [0.2, 0.25) is 0 Å². The molecule has 0 saturated heterocycles. The Hall–Kier alpha value is -0.480. The second-order valence-corrected chi connectivity index (χ2v) is 3.48. The second-order valence-electron chi connectivity index (χ2n) is 3.03. The molecule has 0 radical (unpaired) electrons. The molecule has 0 saturated carbocycles. The normalized spacial score (nSPS) is 12.2. The molecule has 0 spiro atoms. The Bertz CT molecular complexity index is 180. The molecule has 0 rings (SSSR count). The number of methoxy groups -OCH3 is 1. The Kier molecular flexibility index (Phi) is 6.72. The van der Waals surface area contributed by atoms with Crippen molar-refractivity contribution >= 4 is 23.1 Å². The fourth-order valence-corrected chi connectivity index (χ4v) is 1.16. The number of Topliss-reactive ketones (excluding diaryl/α,β-unsaturated/α-hetero) is 1. The van der Waals surface area contributed by atoms with Gasteiger partial charge in [0.1, 0.15) is 5.78 Å². The molecule has 1 atom stereocenters. The van der Waals surface area contributed by atoms with Gasteiger partial charge in [-0.3, -0.25) is 0 Å². The van der Waals surface area contributed by atoms with Crippen molar-refractivity contribution in [2.75, 3.05) is 7.11 Å². The predicted molar refractivity (Wildman–Crippen MR) is 54.8 cm³/mol. The first-order valence-electron chi connectivity index (χ1n) is 4.30. The summed E-state index contributed by atoms with van der Waals surface area (Å²) in [5, 5.41) is 9.80. The highest BCUT2D eigenvalue weighted by Gasteiger charge is 2.07. The van der Waals surface area contributed by atoms with Gasteiger partial charge < -0.3 is 14.6 Å². The zero-order valence-electron chi connectivity index (χ0n) is 8.08. The fraction of sp³-hybridized carbons (Fsp3) is 0.778. The van der Waals surface area contributed by atoms with Crippen LogP contribution < -0.4 is 0 Å². The Morgan fingerprint density at radius 2 is 2.23 bits per heavy atom. The lowest BCUT2D eigenvalue weighted by molar-refractivity contribution is -0.117. The molecule has 0 aromatic rings. The third-order valence-electron chi connectivity index (χ3n) is 1.70. The van der Waals surface area contributed by atoms with Gasteiger partial charge in [-0.2, -0.15) is 0 Å². The number of ketones is 1. The molecule has 76 valence electrons. The lowest BCUT2D eigenvalue weighted by atomic mass is 10.1. The Balaban J connectivity index is 3.45. The summed E-state index contributed by atoms with van der Waals surface area (Å²) in [7, 11) is 1.49. The zero-order valence-corrected chi connectivity index (χ0v) is 8.89. The van der Waals surface area contributed by atoms with Crippen LogP contribution >= 0.6 is 12.2 Å². The third kappa shape index (κ3) is 7.87. The number of carbonyl (C=O) groups is 1. The Labute approximate surface area is 84.1 Å². The van der Waals surface area contributed by atoms with Gasteiger partial charge in [0.05, 0.1) is 13.2 Å². The SMILES string of the molecule is COC(=S)CC(O)CCCC(C)=O. The molecule has 0 aliphatic heterocycles. The van der Waals surface area contributed by atoms with Crippen molar-refractivity contribution in [2.24, 2.45) is 0 Å². The van der Waals surface area contributed by atoms with Crippen LogP contribution in [0.3, 0.4) is 0 Å². The average Bonchev–Trinajstić information content (AvgIpc) is 2.03. The molecule has 0 aromatic heterocycles. The lowest BCUT2D eigenvalue weighted by Crippen LogP contribution is -2.13. The van der Waals surface area contributed by atoms with E-state index in [-0.39, 0.29) is 5.78 Å². The minimum atomic E-state index is -0.480. The van der Waals surface area contributed by atoms with Crippen molar-refractivity contribution in [1.82, 2.24) is 0 Å². The average molecular weight is 204 g/mol. The Morgan fingerprint density at radius 1 is 1.62 bits per heavy atom. The summed E-state index contributed by atoms with van der Waals surface area (Å²) in [5.74, 6) is 0.154. The molecule has 0 aliphatic carbocycles. The molecule has 0 bridgehead atoms. The molecule has 3 nitrogen and oxygen atoms in total. The molecule has 0 aliphatic rings. The monoisotopic (exact) mass is 204 g/mol. The van der Waals surface area contributed by atoms with E-state index in [1.165, 1.54) is 7.11 Å². The lowest BCUT2D eigenvalue weighted by Gasteiger charge is -2.09. The van der Waals surface area contributed by atoms with E-state index < -0.39 is 6.10 Å². The van der Waals surface area contributed by atoms with Gasteiger partial charge in [0.15, 0.2) is 5.05 Å². The van der Waals surface area contributed by atoms with E-state index in [9.17, 15) is 9.90 Å². The van der Waals surface area contributed by atoms with Gasteiger partial charge in [-0.05, 0) is 32.0 Å². The molecule has 4 heteroatoms. The maximum Gasteiger partial charge on any atom is 0.161 e. The summed E-state index contributed by atoms with van der Waals surface area (Å²) in [4.78, 5) is 10.6. The summed E-state index contributed by atoms with van der Waals surface area (Å²) in [6.07, 6.45) is 1.73. The van der Waals surface area contributed by atoms with Gasteiger partial charge in [-0.15, -0.1) is 0 Å². The van der Waals surface area contributed by atoms with Crippen molar-refractivity contribution in [2.45, 2.75) is 38.7 Å². The Morgan fingerprint density at radius 3 is 2.69 bits per heavy atom. The van der Waals surface area contributed by atoms with Crippen LogP contribution in [0.4, 0.5) is 0 Å². The van der Waals surface area contributed by atoms with E-state index in [0.717, 1.165) is 0 Å². The van der Waals surface area contributed by atoms with Gasteiger partial charge in [0, 0.05) is 12.8 Å². The van der Waals surface area contributed by atoms with Crippen LogP contribution in [0, 0.1) is 0 Å². The topological polar surface area (TPSA) is 46.5 Å². The number of hydrogen-bond acceptors (Lipinski definition) is 4. The van der Waals surface area contributed by atoms with Crippen LogP contribution in [0.5, 0.6) is 0 Å². The zero-order chi connectivity index (χ0) is 10.3. The van der Waals surface area contributed by atoms with E-state index >= 15 is 0 Å². The van der Waals surface area contributed by atoms with Crippen molar-refractivity contribution in [3.63, 3.8) is 0 Å². The van der Waals surface area contributed by atoms with Gasteiger partial charge in [-0.25, -0.2) is 0 Å². The number of carbonyl (C=O) groups excluding carboxylic acids is 1. The van der Waals surface area contributed by atoms with Gasteiger partial charge >= 0.3 is 0 Å². The first-order valence-corrected chi connectivity index (χ1v) is 4.71. The molecule has 1 unspecified atom stereocenters. The molecular weight excluding hydrogens is 188 g/mol. The minimum absolute atomic E-state index is 0.154. The van der Waals surface area contributed by atoms with Gasteiger partial charge in [-0.1, -0.05) is 0 Å². The van der Waals surface area contributed by atoms with E-state index in [4.69, 9.17) is 17.0 Å². The largest absolute Gasteiger partial charge is 0.490 e. The predicted octanol–water partition coefficient (Wildman–Crippen LogP) is 1.47. The maximum atomic E-state index is 10.6. The maximum absolute atomic E-state index is 10.6. The highest BCUT2D eigenvalue weighted by atomic mass is 32.1. The van der Waals surface area contributed by atoms with Crippen LogP contribution in [0.15, 0.2) is 0 Å². The van der Waals surface area contributed by atoms with Crippen LogP contribution in [0.25, 0.3) is 0 Å². The van der Waals surface area contributed by atoms with Crippen molar-refractivity contribution < 1.29 is 14.6 Å². The smallest absolute Gasteiger partial charge is 0.161 e. The van der Waals surface area contributed by atoms with Crippen molar-refractivity contribution in [3.8, 4) is 0 Å². The molecule has 0 amide bonds. The third-order valence-corrected chi connectivity index (χ3v) is 2.03. The number of aliphatic hydroxyl groups is 1. The van der Waals surface area contributed by atoms with Crippen LogP contribution in [0.2, 0.25) is 0 Å². The van der Waals surface area contributed by atoms with Crippen molar-refractivity contribution in [1.29, 1.82) is 0 Å². The molecule has 0 heterocycles. The first kappa shape index (κ1) is 12.5. The molecule has 1 N–H and O–H groups in total. The molecule has 13 heavy (non-hydrogen) atoms. The highest BCUT2D eigenvalue weighted by molar-refractivity contribution is 7.80. The van der Waals surface area contributed by atoms with Crippen LogP contribution in [0.1, 0.15) is 32.6 Å². The minimum Gasteiger partial charge on any atom is -0.490 e. The van der Waals surface area contributed by atoms with Crippen molar-refractivity contribution in [3.05, 3.63) is 0 Å². The second kappa shape index (κ2) is 6.97. The summed E-state index contributed by atoms with van der Waals surface area (Å²) in [6.45, 7) is 1.55. The van der Waals surface area contributed by atoms with E-state index in [0.29, 0.717) is 30.7 Å².